The molecule has 3 rings (SSSR count). The molecule has 104 valence electrons. The van der Waals surface area contributed by atoms with Crippen molar-refractivity contribution in [3.8, 4) is 5.75 Å². The maximum Gasteiger partial charge on any atom is 0.165 e. The van der Waals surface area contributed by atoms with E-state index in [0.29, 0.717) is 24.4 Å². The highest BCUT2D eigenvalue weighted by Crippen LogP contribution is 2.37. The van der Waals surface area contributed by atoms with Crippen LogP contribution in [0.15, 0.2) is 24.3 Å². The molecule has 2 fully saturated rings. The van der Waals surface area contributed by atoms with Crippen molar-refractivity contribution >= 4 is 0 Å². The molecule has 0 spiro atoms. The van der Waals surface area contributed by atoms with Gasteiger partial charge in [-0.1, -0.05) is 12.1 Å². The summed E-state index contributed by atoms with van der Waals surface area (Å²) in [7, 11) is 0. The third-order valence-electron chi connectivity index (χ3n) is 4.31. The van der Waals surface area contributed by atoms with Gasteiger partial charge >= 0.3 is 0 Å². The average Bonchev–Trinajstić information content (AvgIpc) is 2.65. The molecule has 2 aliphatic rings. The Morgan fingerprint density at radius 1 is 1.16 bits per heavy atom. The number of halogens is 2. The number of rotatable bonds is 4. The Balaban J connectivity index is 1.65. The van der Waals surface area contributed by atoms with Crippen LogP contribution in [0.3, 0.4) is 0 Å². The summed E-state index contributed by atoms with van der Waals surface area (Å²) in [5.41, 5.74) is 0. The Kier molecular flexibility index (Phi) is 3.69. The summed E-state index contributed by atoms with van der Waals surface area (Å²) in [6.45, 7) is 0.244. The normalized spacial score (nSPS) is 30.5. The molecule has 2 nitrogen and oxygen atoms in total. The minimum Gasteiger partial charge on any atom is -0.487 e. The Morgan fingerprint density at radius 3 is 2.47 bits per heavy atom. The quantitative estimate of drug-likeness (QED) is 0.831. The van der Waals surface area contributed by atoms with Crippen molar-refractivity contribution in [1.29, 1.82) is 0 Å². The van der Waals surface area contributed by atoms with Gasteiger partial charge < -0.3 is 4.74 Å². The highest BCUT2D eigenvalue weighted by Gasteiger charge is 2.41. The Morgan fingerprint density at radius 2 is 1.84 bits per heavy atom. The predicted molar refractivity (Wildman–Crippen MR) is 69.5 cm³/mol. The van der Waals surface area contributed by atoms with Crippen molar-refractivity contribution < 1.29 is 13.5 Å². The fourth-order valence-corrected chi connectivity index (χ4v) is 3.50. The van der Waals surface area contributed by atoms with Gasteiger partial charge in [0.25, 0.3) is 0 Å². The van der Waals surface area contributed by atoms with E-state index in [1.54, 1.807) is 18.2 Å². The van der Waals surface area contributed by atoms with Crippen molar-refractivity contribution in [2.75, 3.05) is 13.2 Å². The molecule has 2 atom stereocenters. The Labute approximate surface area is 112 Å². The second-order valence-corrected chi connectivity index (χ2v) is 5.45. The van der Waals surface area contributed by atoms with E-state index in [-0.39, 0.29) is 18.6 Å². The van der Waals surface area contributed by atoms with Crippen molar-refractivity contribution in [3.05, 3.63) is 30.1 Å². The molecule has 4 heteroatoms. The second kappa shape index (κ2) is 5.45. The molecule has 2 bridgehead atoms. The largest absolute Gasteiger partial charge is 0.487 e. The number of alkyl halides is 1. The number of benzene rings is 1. The van der Waals surface area contributed by atoms with Crippen molar-refractivity contribution in [2.45, 2.75) is 43.9 Å². The first-order chi connectivity index (χ1) is 9.28. The van der Waals surface area contributed by atoms with Crippen LogP contribution in [0.4, 0.5) is 8.78 Å². The van der Waals surface area contributed by atoms with Gasteiger partial charge in [-0.15, -0.1) is 0 Å². The van der Waals surface area contributed by atoms with Crippen LogP contribution in [0.25, 0.3) is 0 Å². The molecule has 2 heterocycles. The first-order valence-corrected chi connectivity index (χ1v) is 7.01. The van der Waals surface area contributed by atoms with E-state index in [2.05, 4.69) is 4.90 Å². The summed E-state index contributed by atoms with van der Waals surface area (Å²) in [5, 5.41) is 0. The van der Waals surface area contributed by atoms with Crippen molar-refractivity contribution in [1.82, 2.24) is 4.90 Å². The lowest BCUT2D eigenvalue weighted by atomic mass is 9.99. The number of hydrogen-bond donors (Lipinski definition) is 0. The lowest BCUT2D eigenvalue weighted by Crippen LogP contribution is -2.47. The topological polar surface area (TPSA) is 12.5 Å². The molecule has 0 amide bonds. The lowest BCUT2D eigenvalue weighted by Gasteiger charge is -2.38. The van der Waals surface area contributed by atoms with Crippen LogP contribution in [0, 0.1) is 5.82 Å². The van der Waals surface area contributed by atoms with Gasteiger partial charge in [0.05, 0.1) is 0 Å². The SMILES string of the molecule is FCCN1C2CCC1CC(Oc1ccccc1F)C2. The van der Waals surface area contributed by atoms with Gasteiger partial charge in [0, 0.05) is 18.6 Å². The summed E-state index contributed by atoms with van der Waals surface area (Å²) in [5.74, 6) is 0.0341. The van der Waals surface area contributed by atoms with Gasteiger partial charge in [-0.2, -0.15) is 0 Å². The van der Waals surface area contributed by atoms with E-state index >= 15 is 0 Å². The first-order valence-electron chi connectivity index (χ1n) is 7.01. The zero-order valence-corrected chi connectivity index (χ0v) is 10.9. The number of nitrogens with zero attached hydrogens (tertiary/aromatic N) is 1. The third kappa shape index (κ3) is 2.59. The molecule has 0 aliphatic carbocycles. The van der Waals surface area contributed by atoms with Crippen LogP contribution in [0.1, 0.15) is 25.7 Å². The lowest BCUT2D eigenvalue weighted by molar-refractivity contribution is 0.0440. The van der Waals surface area contributed by atoms with E-state index in [1.165, 1.54) is 6.07 Å². The third-order valence-corrected chi connectivity index (χ3v) is 4.31. The van der Waals surface area contributed by atoms with Crippen LogP contribution in [0.5, 0.6) is 5.75 Å². The number of piperidine rings is 1. The predicted octanol–water partition coefficient (Wildman–Crippen LogP) is 3.17. The van der Waals surface area contributed by atoms with E-state index < -0.39 is 0 Å². The molecule has 19 heavy (non-hydrogen) atoms. The van der Waals surface area contributed by atoms with Gasteiger partial charge in [0.1, 0.15) is 12.8 Å². The Bertz CT molecular complexity index is 426. The highest BCUT2D eigenvalue weighted by atomic mass is 19.1. The minimum atomic E-state index is -0.305. The molecular weight excluding hydrogens is 248 g/mol. The molecule has 2 unspecified atom stereocenters. The molecule has 0 radical (unpaired) electrons. The summed E-state index contributed by atoms with van der Waals surface area (Å²) in [4.78, 5) is 2.27. The highest BCUT2D eigenvalue weighted by molar-refractivity contribution is 5.24. The second-order valence-electron chi connectivity index (χ2n) is 5.45. The van der Waals surface area contributed by atoms with Crippen molar-refractivity contribution in [3.63, 3.8) is 0 Å². The number of para-hydroxylation sites is 1. The standard InChI is InChI=1S/C15H19F2NO/c16-7-8-18-11-5-6-12(18)10-13(9-11)19-15-4-2-1-3-14(15)17/h1-4,11-13H,5-10H2. The minimum absolute atomic E-state index is 0.0604. The van der Waals surface area contributed by atoms with Crippen LogP contribution in [-0.4, -0.2) is 36.3 Å². The number of ether oxygens (including phenoxy) is 1. The molecule has 2 saturated heterocycles. The molecule has 2 aliphatic heterocycles. The average molecular weight is 267 g/mol. The summed E-state index contributed by atoms with van der Waals surface area (Å²) in [6, 6.07) is 7.35. The zero-order valence-electron chi connectivity index (χ0n) is 10.9. The smallest absolute Gasteiger partial charge is 0.165 e. The summed E-state index contributed by atoms with van der Waals surface area (Å²) in [6.07, 6.45) is 4.05. The summed E-state index contributed by atoms with van der Waals surface area (Å²) >= 11 is 0. The van der Waals surface area contributed by atoms with Crippen LogP contribution in [0.2, 0.25) is 0 Å². The maximum atomic E-state index is 13.6. The van der Waals surface area contributed by atoms with Crippen LogP contribution < -0.4 is 4.74 Å². The fourth-order valence-electron chi connectivity index (χ4n) is 3.50. The van der Waals surface area contributed by atoms with E-state index in [0.717, 1.165) is 25.7 Å². The van der Waals surface area contributed by atoms with Gasteiger partial charge in [-0.25, -0.2) is 8.78 Å². The molecule has 0 saturated carbocycles. The van der Waals surface area contributed by atoms with Gasteiger partial charge in [-0.3, -0.25) is 4.90 Å². The fraction of sp³-hybridized carbons (Fsp3) is 0.600. The molecule has 0 N–H and O–H groups in total. The first kappa shape index (κ1) is 12.9. The molecule has 1 aromatic rings. The molecular formula is C15H19F2NO. The molecule has 0 aromatic heterocycles. The maximum absolute atomic E-state index is 13.6. The van der Waals surface area contributed by atoms with Gasteiger partial charge in [0.15, 0.2) is 11.6 Å². The number of fused-ring (bicyclic) bond motifs is 2. The van der Waals surface area contributed by atoms with Gasteiger partial charge in [0.2, 0.25) is 0 Å². The van der Waals surface area contributed by atoms with E-state index in [1.807, 2.05) is 0 Å². The van der Waals surface area contributed by atoms with E-state index in [9.17, 15) is 8.78 Å². The summed E-state index contributed by atoms with van der Waals surface area (Å²) < 4.78 is 31.9. The van der Waals surface area contributed by atoms with Crippen molar-refractivity contribution in [2.24, 2.45) is 0 Å². The van der Waals surface area contributed by atoms with Crippen LogP contribution in [-0.2, 0) is 0 Å². The van der Waals surface area contributed by atoms with E-state index in [4.69, 9.17) is 4.74 Å². The zero-order chi connectivity index (χ0) is 13.2. The Hall–Kier alpha value is -1.16. The monoisotopic (exact) mass is 267 g/mol. The van der Waals surface area contributed by atoms with Crippen LogP contribution >= 0.6 is 0 Å². The molecule has 1 aromatic carbocycles. The van der Waals surface area contributed by atoms with Gasteiger partial charge in [-0.05, 0) is 37.8 Å². The number of hydrogen-bond acceptors (Lipinski definition) is 2.